The summed E-state index contributed by atoms with van der Waals surface area (Å²) in [6.07, 6.45) is 4.17. The lowest BCUT2D eigenvalue weighted by Gasteiger charge is -2.26. The Kier molecular flexibility index (Phi) is 5.29. The second-order valence-electron chi connectivity index (χ2n) is 5.29. The minimum Gasteiger partial charge on any atom is -0.396 e. The maximum absolute atomic E-state index is 11.6. The number of carbonyl (C=O) groups is 1. The average molecular weight is 331 g/mol. The minimum atomic E-state index is -0.00841. The predicted molar refractivity (Wildman–Crippen MR) is 84.5 cm³/mol. The van der Waals surface area contributed by atoms with Crippen LogP contribution in [0.4, 0.5) is 11.8 Å². The number of hydrogen-bond donors (Lipinski definition) is 2. The number of nitrogen functional groups attached to an aromatic ring is 1. The van der Waals surface area contributed by atoms with E-state index in [1.807, 2.05) is 6.26 Å². The molecule has 0 bridgehead atoms. The van der Waals surface area contributed by atoms with Gasteiger partial charge in [-0.05, 0) is 30.9 Å². The van der Waals surface area contributed by atoms with Gasteiger partial charge in [0.15, 0.2) is 5.82 Å². The third kappa shape index (κ3) is 3.25. The molecule has 21 heavy (non-hydrogen) atoms. The van der Waals surface area contributed by atoms with Crippen molar-refractivity contribution in [1.29, 1.82) is 0 Å². The van der Waals surface area contributed by atoms with Crippen molar-refractivity contribution in [1.82, 2.24) is 9.97 Å². The van der Waals surface area contributed by atoms with Gasteiger partial charge < -0.3 is 10.8 Å². The second kappa shape index (κ2) is 6.81. The number of aliphatic hydroxyl groups excluding tert-OH is 1. The van der Waals surface area contributed by atoms with E-state index in [-0.39, 0.29) is 29.7 Å². The Labute approximate surface area is 133 Å². The molecule has 1 heterocycles. The molecule has 1 saturated carbocycles. The molecule has 3 N–H and O–H groups in total. The van der Waals surface area contributed by atoms with Crippen LogP contribution in [0.2, 0.25) is 5.15 Å². The van der Waals surface area contributed by atoms with E-state index >= 15 is 0 Å². The molecule has 8 heteroatoms. The van der Waals surface area contributed by atoms with Gasteiger partial charge >= 0.3 is 0 Å². The maximum Gasteiger partial charge on any atom is 0.223 e. The standard InChI is InChI=1S/C13H19ClN4O2S/c1-7-3-9(4-8(7)5-19)18(6-20)12-10(21-2)11(14)16-13(15)17-12/h6-9,19H,3-5H2,1-2H3,(H2,15,16,17). The summed E-state index contributed by atoms with van der Waals surface area (Å²) in [5, 5.41) is 9.64. The lowest BCUT2D eigenvalue weighted by molar-refractivity contribution is -0.107. The average Bonchev–Trinajstić information content (AvgIpc) is 2.80. The number of thioether (sulfide) groups is 1. The summed E-state index contributed by atoms with van der Waals surface area (Å²) < 4.78 is 0. The molecule has 1 aliphatic carbocycles. The molecule has 0 aromatic carbocycles. The van der Waals surface area contributed by atoms with Crippen molar-refractivity contribution in [2.24, 2.45) is 11.8 Å². The topological polar surface area (TPSA) is 92.3 Å². The van der Waals surface area contributed by atoms with Gasteiger partial charge in [0.05, 0.1) is 4.90 Å². The Morgan fingerprint density at radius 3 is 2.76 bits per heavy atom. The van der Waals surface area contributed by atoms with Crippen LogP contribution >= 0.6 is 23.4 Å². The Morgan fingerprint density at radius 1 is 1.52 bits per heavy atom. The highest BCUT2D eigenvalue weighted by Crippen LogP contribution is 2.39. The van der Waals surface area contributed by atoms with Gasteiger partial charge in [-0.3, -0.25) is 9.69 Å². The summed E-state index contributed by atoms with van der Waals surface area (Å²) in [4.78, 5) is 21.9. The van der Waals surface area contributed by atoms with E-state index in [2.05, 4.69) is 16.9 Å². The van der Waals surface area contributed by atoms with E-state index in [4.69, 9.17) is 17.3 Å². The number of nitrogens with zero attached hydrogens (tertiary/aromatic N) is 3. The summed E-state index contributed by atoms with van der Waals surface area (Å²) in [6, 6.07) is -0.00841. The molecule has 0 spiro atoms. The van der Waals surface area contributed by atoms with Crippen LogP contribution in [-0.2, 0) is 4.79 Å². The molecule has 0 radical (unpaired) electrons. The van der Waals surface area contributed by atoms with Crippen molar-refractivity contribution >= 4 is 41.5 Å². The molecular weight excluding hydrogens is 312 g/mol. The van der Waals surface area contributed by atoms with Gasteiger partial charge in [0, 0.05) is 12.6 Å². The highest BCUT2D eigenvalue weighted by atomic mass is 35.5. The number of rotatable bonds is 5. The van der Waals surface area contributed by atoms with Gasteiger partial charge in [-0.2, -0.15) is 9.97 Å². The third-order valence-electron chi connectivity index (χ3n) is 4.04. The fourth-order valence-corrected chi connectivity index (χ4v) is 3.82. The number of nitrogens with two attached hydrogens (primary N) is 1. The van der Waals surface area contributed by atoms with Crippen LogP contribution in [-0.4, -0.2) is 40.4 Å². The number of carbonyl (C=O) groups excluding carboxylic acids is 1. The Morgan fingerprint density at radius 2 is 2.24 bits per heavy atom. The fraction of sp³-hybridized carbons (Fsp3) is 0.615. The number of halogens is 1. The van der Waals surface area contributed by atoms with Gasteiger partial charge in [0.1, 0.15) is 5.15 Å². The van der Waals surface area contributed by atoms with Crippen LogP contribution in [0, 0.1) is 11.8 Å². The van der Waals surface area contributed by atoms with Crippen molar-refractivity contribution in [3.05, 3.63) is 5.15 Å². The summed E-state index contributed by atoms with van der Waals surface area (Å²) in [7, 11) is 0. The van der Waals surface area contributed by atoms with E-state index in [1.54, 1.807) is 4.90 Å². The Balaban J connectivity index is 2.36. The highest BCUT2D eigenvalue weighted by Gasteiger charge is 2.36. The first-order valence-corrected chi connectivity index (χ1v) is 8.33. The van der Waals surface area contributed by atoms with Crippen molar-refractivity contribution in [2.45, 2.75) is 30.7 Å². The van der Waals surface area contributed by atoms with Crippen LogP contribution in [0.3, 0.4) is 0 Å². The Bertz CT molecular complexity index is 531. The molecule has 116 valence electrons. The summed E-state index contributed by atoms with van der Waals surface area (Å²) in [5.74, 6) is 1.05. The van der Waals surface area contributed by atoms with Crippen LogP contribution in [0.1, 0.15) is 19.8 Å². The SMILES string of the molecule is CSc1c(Cl)nc(N)nc1N(C=O)C1CC(C)C(CO)C1. The first-order chi connectivity index (χ1) is 10.0. The molecular formula is C13H19ClN4O2S. The summed E-state index contributed by atoms with van der Waals surface area (Å²) in [5.41, 5.74) is 5.66. The fourth-order valence-electron chi connectivity index (χ4n) is 2.87. The second-order valence-corrected chi connectivity index (χ2v) is 6.46. The number of hydrogen-bond acceptors (Lipinski definition) is 6. The largest absolute Gasteiger partial charge is 0.396 e. The third-order valence-corrected chi connectivity index (χ3v) is 5.21. The summed E-state index contributed by atoms with van der Waals surface area (Å²) >= 11 is 7.47. The van der Waals surface area contributed by atoms with E-state index < -0.39 is 0 Å². The van der Waals surface area contributed by atoms with Crippen LogP contribution < -0.4 is 10.6 Å². The zero-order chi connectivity index (χ0) is 15.6. The quantitative estimate of drug-likeness (QED) is 0.486. The van der Waals surface area contributed by atoms with E-state index in [0.29, 0.717) is 16.6 Å². The van der Waals surface area contributed by atoms with Crippen LogP contribution in [0.5, 0.6) is 0 Å². The van der Waals surface area contributed by atoms with E-state index in [9.17, 15) is 9.90 Å². The van der Waals surface area contributed by atoms with E-state index in [1.165, 1.54) is 11.8 Å². The maximum atomic E-state index is 11.6. The molecule has 1 aromatic rings. The molecule has 2 rings (SSSR count). The molecule has 1 aliphatic rings. The minimum absolute atomic E-state index is 0.00841. The van der Waals surface area contributed by atoms with Crippen molar-refractivity contribution in [3.8, 4) is 0 Å². The lowest BCUT2D eigenvalue weighted by Crippen LogP contribution is -2.34. The highest BCUT2D eigenvalue weighted by molar-refractivity contribution is 7.98. The molecule has 1 fully saturated rings. The van der Waals surface area contributed by atoms with Crippen molar-refractivity contribution in [2.75, 3.05) is 23.5 Å². The van der Waals surface area contributed by atoms with Crippen LogP contribution in [0.25, 0.3) is 0 Å². The van der Waals surface area contributed by atoms with Gasteiger partial charge in [-0.25, -0.2) is 0 Å². The molecule has 0 saturated heterocycles. The van der Waals surface area contributed by atoms with Crippen molar-refractivity contribution in [3.63, 3.8) is 0 Å². The van der Waals surface area contributed by atoms with Crippen LogP contribution in [0.15, 0.2) is 4.90 Å². The number of aromatic nitrogens is 2. The normalized spacial score (nSPS) is 25.0. The smallest absolute Gasteiger partial charge is 0.223 e. The summed E-state index contributed by atoms with van der Waals surface area (Å²) in [6.45, 7) is 2.22. The Hall–Kier alpha value is -1.05. The zero-order valence-corrected chi connectivity index (χ0v) is 13.6. The molecule has 0 aliphatic heterocycles. The van der Waals surface area contributed by atoms with Gasteiger partial charge in [-0.15, -0.1) is 11.8 Å². The number of anilines is 2. The molecule has 6 nitrogen and oxygen atoms in total. The first-order valence-electron chi connectivity index (χ1n) is 6.73. The van der Waals surface area contributed by atoms with Crippen molar-refractivity contribution < 1.29 is 9.90 Å². The predicted octanol–water partition coefficient (Wildman–Crippen LogP) is 1.80. The number of amides is 1. The van der Waals surface area contributed by atoms with Gasteiger partial charge in [0.25, 0.3) is 0 Å². The lowest BCUT2D eigenvalue weighted by atomic mass is 10.00. The van der Waals surface area contributed by atoms with Gasteiger partial charge in [-0.1, -0.05) is 18.5 Å². The molecule has 3 unspecified atom stereocenters. The first kappa shape index (κ1) is 16.3. The molecule has 1 amide bonds. The van der Waals surface area contributed by atoms with E-state index in [0.717, 1.165) is 19.3 Å². The van der Waals surface area contributed by atoms with Gasteiger partial charge in [0.2, 0.25) is 12.4 Å². The molecule has 3 atom stereocenters. The monoisotopic (exact) mass is 330 g/mol. The number of aliphatic hydroxyl groups is 1. The zero-order valence-electron chi connectivity index (χ0n) is 12.0. The molecule has 1 aromatic heterocycles.